The smallest absolute Gasteiger partial charge is 0.00531 e. The minimum atomic E-state index is 0.773. The second kappa shape index (κ2) is 0.852. The van der Waals surface area contributed by atoms with Crippen molar-refractivity contribution >= 4 is 0 Å². The van der Waals surface area contributed by atoms with E-state index in [9.17, 15) is 0 Å². The van der Waals surface area contributed by atoms with Crippen LogP contribution in [-0.4, -0.2) is 0 Å². The lowest BCUT2D eigenvalue weighted by Crippen LogP contribution is -1.64. The molecular formula is C5H7. The average molecular weight is 67.1 g/mol. The zero-order valence-corrected chi connectivity index (χ0v) is 3.15. The molecule has 0 N–H and O–H groups in total. The van der Waals surface area contributed by atoms with Gasteiger partial charge >= 0.3 is 0 Å². The van der Waals surface area contributed by atoms with E-state index in [1.165, 1.54) is 0 Å². The van der Waals surface area contributed by atoms with Gasteiger partial charge in [0.05, 0.1) is 0 Å². The van der Waals surface area contributed by atoms with Crippen molar-refractivity contribution in [1.29, 1.82) is 0 Å². The molecule has 0 heteroatoms. The molecule has 0 spiro atoms. The summed E-state index contributed by atoms with van der Waals surface area (Å²) in [6.07, 6.45) is 5.38. The fourth-order valence-corrected chi connectivity index (χ4v) is 0.271. The third-order valence-electron chi connectivity index (χ3n) is 0.798. The molecule has 0 unspecified atom stereocenters. The molecule has 0 nitrogen and oxygen atoms in total. The predicted molar refractivity (Wildman–Crippen MR) is 22.6 cm³/mol. The van der Waals surface area contributed by atoms with Crippen LogP contribution in [0, 0.1) is 12.8 Å². The molecule has 0 amide bonds. The normalized spacial score (nSPS) is 20.2. The summed E-state index contributed by atoms with van der Waals surface area (Å²) in [7, 11) is 0. The Labute approximate surface area is 32.5 Å². The second-order valence-electron chi connectivity index (χ2n) is 1.34. The van der Waals surface area contributed by atoms with E-state index in [0.717, 1.165) is 12.3 Å². The molecule has 0 aromatic heterocycles. The zero-order valence-electron chi connectivity index (χ0n) is 3.15. The fourth-order valence-electron chi connectivity index (χ4n) is 0.271. The number of rotatable bonds is 1. The van der Waals surface area contributed by atoms with Crippen LogP contribution in [0.25, 0.3) is 0 Å². The number of hydrogen-bond donors (Lipinski definition) is 0. The quantitative estimate of drug-likeness (QED) is 0.406. The third kappa shape index (κ3) is 0.504. The van der Waals surface area contributed by atoms with E-state index in [1.807, 2.05) is 0 Å². The van der Waals surface area contributed by atoms with Gasteiger partial charge < -0.3 is 0 Å². The summed E-state index contributed by atoms with van der Waals surface area (Å²) in [6, 6.07) is 0. The molecule has 5 heavy (non-hydrogen) atoms. The molecule has 0 fully saturated rings. The maximum Gasteiger partial charge on any atom is -0.00531 e. The highest BCUT2D eigenvalue weighted by molar-refractivity contribution is 5.13. The molecule has 0 aromatic carbocycles. The minimum absolute atomic E-state index is 0.773. The summed E-state index contributed by atoms with van der Waals surface area (Å²) in [5, 5.41) is 0. The summed E-state index contributed by atoms with van der Waals surface area (Å²) in [5.74, 6) is 0.773. The van der Waals surface area contributed by atoms with Crippen LogP contribution in [0.15, 0.2) is 12.2 Å². The van der Waals surface area contributed by atoms with Gasteiger partial charge in [0.15, 0.2) is 0 Å². The van der Waals surface area contributed by atoms with Gasteiger partial charge in [-0.05, 0) is 12.3 Å². The molecule has 1 radical (unpaired) electrons. The first-order valence-electron chi connectivity index (χ1n) is 1.91. The second-order valence-corrected chi connectivity index (χ2v) is 1.34. The molecule has 0 heterocycles. The van der Waals surface area contributed by atoms with Crippen LogP contribution in [0.3, 0.4) is 0 Å². The monoisotopic (exact) mass is 67.1 g/mol. The Morgan fingerprint density at radius 3 is 2.20 bits per heavy atom. The lowest BCUT2D eigenvalue weighted by molar-refractivity contribution is 0.939. The van der Waals surface area contributed by atoms with Crippen molar-refractivity contribution in [3.63, 3.8) is 0 Å². The van der Waals surface area contributed by atoms with Crippen LogP contribution in [0.1, 0.15) is 6.42 Å². The lowest BCUT2D eigenvalue weighted by Gasteiger charge is -1.75. The summed E-state index contributed by atoms with van der Waals surface area (Å²) >= 11 is 0. The Balaban J connectivity index is 2.06. The van der Waals surface area contributed by atoms with E-state index < -0.39 is 0 Å². The Morgan fingerprint density at radius 2 is 2.20 bits per heavy atom. The highest BCUT2D eigenvalue weighted by atomic mass is 14.1. The van der Waals surface area contributed by atoms with E-state index in [0.29, 0.717) is 0 Å². The SMILES string of the molecule is [CH2]CC1C=C1. The Hall–Kier alpha value is -0.260. The van der Waals surface area contributed by atoms with Crippen LogP contribution >= 0.6 is 0 Å². The Kier molecular flexibility index (Phi) is 0.503. The van der Waals surface area contributed by atoms with Crippen molar-refractivity contribution < 1.29 is 0 Å². The Bertz CT molecular complexity index is 47.1. The van der Waals surface area contributed by atoms with Crippen molar-refractivity contribution in [2.24, 2.45) is 5.92 Å². The maximum atomic E-state index is 3.69. The molecule has 0 bridgehead atoms. The third-order valence-corrected chi connectivity index (χ3v) is 0.798. The molecule has 0 saturated heterocycles. The first-order chi connectivity index (χ1) is 2.43. The molecule has 0 aliphatic heterocycles. The van der Waals surface area contributed by atoms with Gasteiger partial charge in [0.1, 0.15) is 0 Å². The Morgan fingerprint density at radius 1 is 1.60 bits per heavy atom. The van der Waals surface area contributed by atoms with Gasteiger partial charge in [0.2, 0.25) is 0 Å². The highest BCUT2D eigenvalue weighted by Crippen LogP contribution is 2.17. The van der Waals surface area contributed by atoms with E-state index in [4.69, 9.17) is 0 Å². The van der Waals surface area contributed by atoms with Gasteiger partial charge in [0, 0.05) is 0 Å². The number of allylic oxidation sites excluding steroid dienone is 2. The maximum absolute atomic E-state index is 3.69. The van der Waals surface area contributed by atoms with Crippen LogP contribution in [0.5, 0.6) is 0 Å². The molecular weight excluding hydrogens is 60.1 g/mol. The van der Waals surface area contributed by atoms with Crippen molar-refractivity contribution in [2.75, 3.05) is 0 Å². The first kappa shape index (κ1) is 2.95. The van der Waals surface area contributed by atoms with Crippen LogP contribution in [-0.2, 0) is 0 Å². The number of hydrogen-bond acceptors (Lipinski definition) is 0. The largest absolute Gasteiger partial charge is 0.0810 e. The molecule has 0 atom stereocenters. The van der Waals surface area contributed by atoms with E-state index in [2.05, 4.69) is 19.1 Å². The summed E-state index contributed by atoms with van der Waals surface area (Å²) in [6.45, 7) is 3.69. The standard InChI is InChI=1S/C5H7/c1-2-5-3-4-5/h3-5H,1-2H2. The predicted octanol–water partition coefficient (Wildman–Crippen LogP) is 1.40. The van der Waals surface area contributed by atoms with Crippen LogP contribution in [0.2, 0.25) is 0 Å². The topological polar surface area (TPSA) is 0 Å². The summed E-state index contributed by atoms with van der Waals surface area (Å²) in [5.41, 5.74) is 0. The van der Waals surface area contributed by atoms with E-state index >= 15 is 0 Å². The van der Waals surface area contributed by atoms with Gasteiger partial charge in [-0.2, -0.15) is 0 Å². The minimum Gasteiger partial charge on any atom is -0.0810 e. The van der Waals surface area contributed by atoms with Gasteiger partial charge in [-0.3, -0.25) is 0 Å². The van der Waals surface area contributed by atoms with Crippen molar-refractivity contribution in [3.8, 4) is 0 Å². The fraction of sp³-hybridized carbons (Fsp3) is 0.400. The zero-order chi connectivity index (χ0) is 3.70. The molecule has 1 aliphatic rings. The van der Waals surface area contributed by atoms with Crippen molar-refractivity contribution in [3.05, 3.63) is 19.1 Å². The molecule has 27 valence electrons. The van der Waals surface area contributed by atoms with Crippen molar-refractivity contribution in [1.82, 2.24) is 0 Å². The van der Waals surface area contributed by atoms with Gasteiger partial charge in [-0.15, -0.1) is 0 Å². The highest BCUT2D eigenvalue weighted by Gasteiger charge is 2.04. The van der Waals surface area contributed by atoms with Gasteiger partial charge in [-0.25, -0.2) is 0 Å². The summed E-state index contributed by atoms with van der Waals surface area (Å²) < 4.78 is 0. The van der Waals surface area contributed by atoms with E-state index in [-0.39, 0.29) is 0 Å². The molecule has 0 aromatic rings. The molecule has 1 rings (SSSR count). The molecule has 0 saturated carbocycles. The van der Waals surface area contributed by atoms with E-state index in [1.54, 1.807) is 0 Å². The van der Waals surface area contributed by atoms with Crippen LogP contribution in [0.4, 0.5) is 0 Å². The van der Waals surface area contributed by atoms with Crippen LogP contribution < -0.4 is 0 Å². The molecule has 1 aliphatic carbocycles. The van der Waals surface area contributed by atoms with Crippen molar-refractivity contribution in [2.45, 2.75) is 6.42 Å². The lowest BCUT2D eigenvalue weighted by atomic mass is 10.3. The first-order valence-corrected chi connectivity index (χ1v) is 1.91. The summed E-state index contributed by atoms with van der Waals surface area (Å²) in [4.78, 5) is 0. The van der Waals surface area contributed by atoms with Gasteiger partial charge in [-0.1, -0.05) is 19.1 Å². The average Bonchev–Trinajstić information content (AvgIpc) is 2.12. The van der Waals surface area contributed by atoms with Gasteiger partial charge in [0.25, 0.3) is 0 Å².